The highest BCUT2D eigenvalue weighted by molar-refractivity contribution is 6.33. The lowest BCUT2D eigenvalue weighted by Gasteiger charge is -2.12. The molecule has 2 rings (SSSR count). The highest BCUT2D eigenvalue weighted by Gasteiger charge is 2.31. The predicted molar refractivity (Wildman–Crippen MR) is 92.0 cm³/mol. The van der Waals surface area contributed by atoms with Crippen molar-refractivity contribution in [3.63, 3.8) is 0 Å². The molecular weight excluding hydrogens is 391 g/mol. The quantitative estimate of drug-likeness (QED) is 0.561. The van der Waals surface area contributed by atoms with E-state index in [1.807, 2.05) is 0 Å². The summed E-state index contributed by atoms with van der Waals surface area (Å²) in [5.41, 5.74) is 1.32. The van der Waals surface area contributed by atoms with Crippen LogP contribution in [0.2, 0.25) is 5.02 Å². The number of pyridine rings is 1. The summed E-state index contributed by atoms with van der Waals surface area (Å²) in [7, 11) is 2.65. The minimum atomic E-state index is -4.57. The van der Waals surface area contributed by atoms with E-state index in [2.05, 4.69) is 15.5 Å². The summed E-state index contributed by atoms with van der Waals surface area (Å²) in [5, 5.41) is 12.9. The molecular formula is C16H13ClF3N3O4. The van der Waals surface area contributed by atoms with Crippen LogP contribution in [-0.4, -0.2) is 36.5 Å². The van der Waals surface area contributed by atoms with Crippen LogP contribution in [0.25, 0.3) is 0 Å². The smallest absolute Gasteiger partial charge is 0.417 e. The van der Waals surface area contributed by atoms with Crippen molar-refractivity contribution < 1.29 is 32.5 Å². The van der Waals surface area contributed by atoms with E-state index in [1.165, 1.54) is 26.4 Å². The summed E-state index contributed by atoms with van der Waals surface area (Å²) in [6.07, 6.45) is -2.83. The molecule has 1 heterocycles. The fourth-order valence-corrected chi connectivity index (χ4v) is 2.32. The maximum atomic E-state index is 12.6. The third-order valence-corrected chi connectivity index (χ3v) is 3.62. The molecule has 0 atom stereocenters. The summed E-state index contributed by atoms with van der Waals surface area (Å²) >= 11 is 5.76. The number of methoxy groups -OCH3 is 2. The van der Waals surface area contributed by atoms with Crippen LogP contribution >= 0.6 is 11.6 Å². The van der Waals surface area contributed by atoms with Crippen molar-refractivity contribution in [1.82, 2.24) is 4.98 Å². The molecule has 7 nitrogen and oxygen atoms in total. The normalized spacial score (nSPS) is 11.5. The lowest BCUT2D eigenvalue weighted by Crippen LogP contribution is -2.08. The van der Waals surface area contributed by atoms with E-state index in [0.29, 0.717) is 12.3 Å². The predicted octanol–water partition coefficient (Wildman–Crippen LogP) is 3.92. The van der Waals surface area contributed by atoms with Gasteiger partial charge in [0.05, 0.1) is 31.0 Å². The summed E-state index contributed by atoms with van der Waals surface area (Å²) in [6.45, 7) is 0. The number of aromatic carboxylic acids is 1. The Labute approximate surface area is 156 Å². The van der Waals surface area contributed by atoms with Gasteiger partial charge in [0.15, 0.2) is 17.3 Å². The Morgan fingerprint density at radius 1 is 1.33 bits per heavy atom. The van der Waals surface area contributed by atoms with Crippen LogP contribution in [0.3, 0.4) is 0 Å². The van der Waals surface area contributed by atoms with Gasteiger partial charge in [0.25, 0.3) is 0 Å². The van der Waals surface area contributed by atoms with Crippen molar-refractivity contribution in [3.8, 4) is 11.5 Å². The molecule has 0 aliphatic heterocycles. The second-order valence-corrected chi connectivity index (χ2v) is 5.40. The van der Waals surface area contributed by atoms with E-state index < -0.39 is 17.7 Å². The lowest BCUT2D eigenvalue weighted by atomic mass is 10.1. The monoisotopic (exact) mass is 403 g/mol. The maximum absolute atomic E-state index is 12.6. The molecule has 0 bridgehead atoms. The van der Waals surface area contributed by atoms with E-state index >= 15 is 0 Å². The van der Waals surface area contributed by atoms with Crippen molar-refractivity contribution in [3.05, 3.63) is 46.1 Å². The molecule has 0 aliphatic rings. The van der Waals surface area contributed by atoms with Gasteiger partial charge >= 0.3 is 12.1 Å². The number of halogens is 4. The van der Waals surface area contributed by atoms with Gasteiger partial charge in [0.2, 0.25) is 0 Å². The average Bonchev–Trinajstić information content (AvgIpc) is 2.61. The van der Waals surface area contributed by atoms with Gasteiger partial charge in [-0.2, -0.15) is 18.3 Å². The Balaban J connectivity index is 2.30. The first kappa shape index (κ1) is 20.3. The first-order valence-electron chi connectivity index (χ1n) is 7.19. The molecule has 0 spiro atoms. The summed E-state index contributed by atoms with van der Waals surface area (Å²) in [5.74, 6) is -1.19. The fraction of sp³-hybridized carbons (Fsp3) is 0.188. The van der Waals surface area contributed by atoms with Gasteiger partial charge in [-0.1, -0.05) is 11.6 Å². The van der Waals surface area contributed by atoms with Gasteiger partial charge in [-0.05, 0) is 18.2 Å². The minimum Gasteiger partial charge on any atom is -0.493 e. The van der Waals surface area contributed by atoms with E-state index in [4.69, 9.17) is 21.1 Å². The Morgan fingerprint density at radius 2 is 2.04 bits per heavy atom. The number of benzene rings is 1. The molecule has 0 saturated heterocycles. The second kappa shape index (κ2) is 8.12. The van der Waals surface area contributed by atoms with Gasteiger partial charge in [-0.15, -0.1) is 0 Å². The molecule has 0 fully saturated rings. The third-order valence-electron chi connectivity index (χ3n) is 3.33. The number of hydrazone groups is 1. The van der Waals surface area contributed by atoms with Crippen LogP contribution < -0.4 is 14.9 Å². The van der Waals surface area contributed by atoms with Crippen LogP contribution in [0.15, 0.2) is 29.5 Å². The van der Waals surface area contributed by atoms with Crippen molar-refractivity contribution in [2.45, 2.75) is 6.18 Å². The molecule has 144 valence electrons. The topological polar surface area (TPSA) is 93.0 Å². The summed E-state index contributed by atoms with van der Waals surface area (Å²) in [4.78, 5) is 15.1. The minimum absolute atomic E-state index is 0.000336. The van der Waals surface area contributed by atoms with Crippen LogP contribution in [0.5, 0.6) is 11.5 Å². The number of hydrogen-bond donors (Lipinski definition) is 2. The highest BCUT2D eigenvalue weighted by atomic mass is 35.5. The van der Waals surface area contributed by atoms with Crippen LogP contribution in [0.1, 0.15) is 21.5 Å². The Bertz CT molecular complexity index is 888. The molecule has 0 saturated carbocycles. The summed E-state index contributed by atoms with van der Waals surface area (Å²) < 4.78 is 47.9. The van der Waals surface area contributed by atoms with Crippen LogP contribution in [0, 0.1) is 0 Å². The molecule has 1 aromatic carbocycles. The van der Waals surface area contributed by atoms with Gasteiger partial charge in [-0.3, -0.25) is 5.43 Å². The van der Waals surface area contributed by atoms with Crippen LogP contribution in [-0.2, 0) is 6.18 Å². The molecule has 2 aromatic rings. The van der Waals surface area contributed by atoms with Crippen LogP contribution in [0.4, 0.5) is 19.0 Å². The van der Waals surface area contributed by atoms with E-state index in [1.54, 1.807) is 0 Å². The number of nitrogens with one attached hydrogen (secondary N) is 1. The van der Waals surface area contributed by atoms with Gasteiger partial charge in [0.1, 0.15) is 5.56 Å². The Hall–Kier alpha value is -3.01. The fourth-order valence-electron chi connectivity index (χ4n) is 2.11. The van der Waals surface area contributed by atoms with E-state index in [0.717, 1.165) is 6.21 Å². The molecule has 0 amide bonds. The largest absolute Gasteiger partial charge is 0.493 e. The number of alkyl halides is 3. The number of rotatable bonds is 6. The lowest BCUT2D eigenvalue weighted by molar-refractivity contribution is -0.137. The van der Waals surface area contributed by atoms with Crippen molar-refractivity contribution in [1.29, 1.82) is 0 Å². The zero-order chi connectivity index (χ0) is 20.2. The van der Waals surface area contributed by atoms with Gasteiger partial charge in [0, 0.05) is 11.8 Å². The maximum Gasteiger partial charge on any atom is 0.417 e. The molecule has 0 aliphatic carbocycles. The van der Waals surface area contributed by atoms with E-state index in [9.17, 15) is 23.1 Å². The number of carboxylic acids is 1. The van der Waals surface area contributed by atoms with E-state index in [-0.39, 0.29) is 33.5 Å². The van der Waals surface area contributed by atoms with Crippen molar-refractivity contribution >= 4 is 29.6 Å². The highest BCUT2D eigenvalue weighted by Crippen LogP contribution is 2.34. The van der Waals surface area contributed by atoms with Crippen molar-refractivity contribution in [2.24, 2.45) is 5.10 Å². The number of hydrogen-bond acceptors (Lipinski definition) is 6. The number of aromatic nitrogens is 1. The summed E-state index contributed by atoms with van der Waals surface area (Å²) in [6, 6.07) is 3.61. The second-order valence-electron chi connectivity index (χ2n) is 4.99. The zero-order valence-corrected chi connectivity index (χ0v) is 14.7. The number of anilines is 1. The first-order valence-corrected chi connectivity index (χ1v) is 7.57. The number of carbonyl (C=O) groups is 1. The molecule has 27 heavy (non-hydrogen) atoms. The zero-order valence-electron chi connectivity index (χ0n) is 14.0. The SMILES string of the molecule is COc1ccc(/C=N\Nc2ncc(C(F)(F)F)cc2Cl)c(C(=O)O)c1OC. The molecule has 1 aromatic heterocycles. The molecule has 2 N–H and O–H groups in total. The first-order chi connectivity index (χ1) is 12.7. The Kier molecular flexibility index (Phi) is 6.11. The standard InChI is InChI=1S/C16H13ClF3N3O4/c1-26-11-4-3-8(12(15(24)25)13(11)27-2)6-22-23-14-10(17)5-9(7-21-14)16(18,19)20/h3-7H,1-2H3,(H,21,23)(H,24,25)/b22-6-. The van der Waals surface area contributed by atoms with Gasteiger partial charge < -0.3 is 14.6 Å². The van der Waals surface area contributed by atoms with Gasteiger partial charge in [-0.25, -0.2) is 9.78 Å². The molecule has 11 heteroatoms. The van der Waals surface area contributed by atoms with Crippen molar-refractivity contribution in [2.75, 3.05) is 19.6 Å². The average molecular weight is 404 g/mol. The number of carboxylic acid groups (broad SMARTS) is 1. The third kappa shape index (κ3) is 4.59. The molecule has 0 radical (unpaired) electrons. The molecule has 0 unspecified atom stereocenters. The number of ether oxygens (including phenoxy) is 2. The Morgan fingerprint density at radius 3 is 2.56 bits per heavy atom. The number of nitrogens with zero attached hydrogens (tertiary/aromatic N) is 2.